The molecule has 38 valence electrons. The highest BCUT2D eigenvalue weighted by Crippen LogP contribution is 1.82. The van der Waals surface area contributed by atoms with Crippen LogP contribution in [0, 0.1) is 0 Å². The van der Waals surface area contributed by atoms with Crippen LogP contribution in [-0.4, -0.2) is 6.23 Å². The van der Waals surface area contributed by atoms with Gasteiger partial charge in [-0.15, -0.1) is 0 Å². The van der Waals surface area contributed by atoms with Crippen LogP contribution in [0.4, 0.5) is 0 Å². The van der Waals surface area contributed by atoms with Crippen molar-refractivity contribution in [3.63, 3.8) is 0 Å². The van der Waals surface area contributed by atoms with Gasteiger partial charge in [-0.3, -0.25) is 0 Å². The summed E-state index contributed by atoms with van der Waals surface area (Å²) in [5.74, 6) is 0. The number of nitrogens with two attached hydrogens (primary N) is 1. The molecule has 0 aromatic carbocycles. The van der Waals surface area contributed by atoms with Crippen molar-refractivity contribution in [2.75, 3.05) is 0 Å². The Bertz CT molecular complexity index is 32.7. The van der Waals surface area contributed by atoms with Crippen molar-refractivity contribution in [1.29, 1.82) is 0 Å². The molecule has 2 N–H and O–H groups in total. The zero-order valence-electron chi connectivity index (χ0n) is 3.42. The Morgan fingerprint density at radius 3 is 2.33 bits per heavy atom. The highest BCUT2D eigenvalue weighted by atomic mass is 32.1. The van der Waals surface area contributed by atoms with E-state index < -0.39 is 6.23 Å². The van der Waals surface area contributed by atoms with Gasteiger partial charge in [0.2, 0.25) is 0 Å². The van der Waals surface area contributed by atoms with Gasteiger partial charge in [-0.2, -0.15) is 4.33 Å². The zero-order chi connectivity index (χ0) is 4.99. The van der Waals surface area contributed by atoms with E-state index in [4.69, 9.17) is 5.73 Å². The van der Waals surface area contributed by atoms with E-state index in [0.717, 1.165) is 0 Å². The van der Waals surface area contributed by atoms with Gasteiger partial charge in [0.25, 0.3) is 0 Å². The van der Waals surface area contributed by atoms with Crippen LogP contribution in [0.3, 0.4) is 0 Å². The molecule has 0 amide bonds. The summed E-state index contributed by atoms with van der Waals surface area (Å²) < 4.78 is 3.87. The van der Waals surface area contributed by atoms with Crippen molar-refractivity contribution in [3.8, 4) is 0 Å². The largest absolute Gasteiger partial charge is 0.304 e. The normalized spacial score (nSPS) is 14.5. The molecule has 0 aliphatic carbocycles. The van der Waals surface area contributed by atoms with Gasteiger partial charge in [0, 0.05) is 12.9 Å². The first-order chi connectivity index (χ1) is 2.77. The maximum atomic E-state index is 5.01. The minimum atomic E-state index is -0.400. The lowest BCUT2D eigenvalue weighted by Crippen LogP contribution is -2.17. The predicted octanol–water partition coefficient (Wildman–Crippen LogP) is 0.0841. The van der Waals surface area contributed by atoms with Crippen molar-refractivity contribution < 1.29 is 9.22 Å². The lowest BCUT2D eigenvalue weighted by Gasteiger charge is -1.97. The highest BCUT2D eigenvalue weighted by molar-refractivity contribution is 7.74. The Morgan fingerprint density at radius 1 is 1.83 bits per heavy atom. The van der Waals surface area contributed by atoms with Crippen molar-refractivity contribution in [3.05, 3.63) is 0 Å². The van der Waals surface area contributed by atoms with Crippen LogP contribution < -0.4 is 5.73 Å². The van der Waals surface area contributed by atoms with Crippen LogP contribution in [0.1, 0.15) is 6.92 Å². The second-order valence-electron chi connectivity index (χ2n) is 0.876. The minimum absolute atomic E-state index is 0.400. The van der Waals surface area contributed by atoms with Gasteiger partial charge in [-0.1, -0.05) is 0 Å². The third-order valence-electron chi connectivity index (χ3n) is 0.195. The molecule has 0 heterocycles. The topological polar surface area (TPSA) is 44.5 Å². The standard InChI is InChI=1S/C2H7NO2S/c1-2(3)4-5-6/h2,6H,3H2,1H3. The summed E-state index contributed by atoms with van der Waals surface area (Å²) in [7, 11) is 0. The molecule has 0 radical (unpaired) electrons. The van der Waals surface area contributed by atoms with Gasteiger partial charge in [0.05, 0.1) is 0 Å². The maximum absolute atomic E-state index is 5.01. The lowest BCUT2D eigenvalue weighted by atomic mass is 10.7. The zero-order valence-corrected chi connectivity index (χ0v) is 4.31. The molecular weight excluding hydrogens is 102 g/mol. The van der Waals surface area contributed by atoms with Crippen molar-refractivity contribution in [2.24, 2.45) is 5.73 Å². The SMILES string of the molecule is CC(N)OOS. The third kappa shape index (κ3) is 4.23. The van der Waals surface area contributed by atoms with Gasteiger partial charge in [-0.05, 0) is 6.92 Å². The molecule has 0 aliphatic rings. The molecular formula is C2H7NO2S. The van der Waals surface area contributed by atoms with Gasteiger partial charge in [-0.25, -0.2) is 4.89 Å². The first-order valence-corrected chi connectivity index (χ1v) is 1.86. The predicted molar refractivity (Wildman–Crippen MR) is 24.8 cm³/mol. The van der Waals surface area contributed by atoms with E-state index in [1.54, 1.807) is 6.92 Å². The number of hydrogen-bond acceptors (Lipinski definition) is 4. The van der Waals surface area contributed by atoms with Crippen molar-refractivity contribution in [2.45, 2.75) is 13.2 Å². The average Bonchev–Trinajstić information content (AvgIpc) is 1.35. The summed E-state index contributed by atoms with van der Waals surface area (Å²) in [4.78, 5) is 4.18. The van der Waals surface area contributed by atoms with E-state index in [1.165, 1.54) is 0 Å². The summed E-state index contributed by atoms with van der Waals surface area (Å²) in [6.45, 7) is 1.64. The van der Waals surface area contributed by atoms with Gasteiger partial charge >= 0.3 is 0 Å². The second kappa shape index (κ2) is 3.42. The van der Waals surface area contributed by atoms with Gasteiger partial charge < -0.3 is 5.73 Å². The summed E-state index contributed by atoms with van der Waals surface area (Å²) in [6, 6.07) is 0. The summed E-state index contributed by atoms with van der Waals surface area (Å²) in [5.41, 5.74) is 5.01. The van der Waals surface area contributed by atoms with Crippen molar-refractivity contribution in [1.82, 2.24) is 0 Å². The average molecular weight is 109 g/mol. The molecule has 0 spiro atoms. The number of rotatable bonds is 2. The lowest BCUT2D eigenvalue weighted by molar-refractivity contribution is -0.221. The van der Waals surface area contributed by atoms with E-state index in [1.807, 2.05) is 0 Å². The molecule has 6 heavy (non-hydrogen) atoms. The van der Waals surface area contributed by atoms with E-state index >= 15 is 0 Å². The molecule has 1 atom stereocenters. The fourth-order valence-electron chi connectivity index (χ4n) is 0.0679. The molecule has 0 fully saturated rings. The molecule has 4 heteroatoms. The van der Waals surface area contributed by atoms with Crippen LogP contribution in [0.2, 0.25) is 0 Å². The van der Waals surface area contributed by atoms with Crippen LogP contribution in [-0.2, 0) is 9.22 Å². The summed E-state index contributed by atoms with van der Waals surface area (Å²) >= 11 is 3.26. The Labute approximate surface area is 42.0 Å². The van der Waals surface area contributed by atoms with Crippen LogP contribution in [0.5, 0.6) is 0 Å². The quantitative estimate of drug-likeness (QED) is 0.173. The first-order valence-electron chi connectivity index (χ1n) is 1.50. The molecule has 0 aliphatic heterocycles. The van der Waals surface area contributed by atoms with Crippen LogP contribution in [0.15, 0.2) is 0 Å². The van der Waals surface area contributed by atoms with Crippen molar-refractivity contribution >= 4 is 12.9 Å². The first kappa shape index (κ1) is 6.23. The smallest absolute Gasteiger partial charge is 0.139 e. The van der Waals surface area contributed by atoms with E-state index in [9.17, 15) is 0 Å². The molecule has 0 aromatic heterocycles. The Morgan fingerprint density at radius 2 is 2.33 bits per heavy atom. The summed E-state index contributed by atoms with van der Waals surface area (Å²) in [5, 5.41) is 0. The van der Waals surface area contributed by atoms with Gasteiger partial charge in [0.15, 0.2) is 0 Å². The minimum Gasteiger partial charge on any atom is -0.304 e. The Kier molecular flexibility index (Phi) is 3.55. The number of thiol groups is 1. The van der Waals surface area contributed by atoms with Crippen LogP contribution in [0.25, 0.3) is 0 Å². The van der Waals surface area contributed by atoms with E-state index in [0.29, 0.717) is 0 Å². The molecule has 0 saturated heterocycles. The fraction of sp³-hybridized carbons (Fsp3) is 1.00. The van der Waals surface area contributed by atoms with Gasteiger partial charge in [0.1, 0.15) is 6.23 Å². The highest BCUT2D eigenvalue weighted by Gasteiger charge is 1.86. The van der Waals surface area contributed by atoms with E-state index in [-0.39, 0.29) is 0 Å². The maximum Gasteiger partial charge on any atom is 0.139 e. The second-order valence-corrected chi connectivity index (χ2v) is 1.02. The molecule has 0 bridgehead atoms. The Balaban J connectivity index is 2.63. The molecule has 3 nitrogen and oxygen atoms in total. The fourth-order valence-corrected chi connectivity index (χ4v) is 0.204. The molecule has 0 aromatic rings. The Hall–Kier alpha value is 0.230. The van der Waals surface area contributed by atoms with E-state index in [2.05, 4.69) is 22.1 Å². The third-order valence-corrected chi connectivity index (χ3v) is 0.281. The monoisotopic (exact) mass is 109 g/mol. The molecule has 0 saturated carbocycles. The summed E-state index contributed by atoms with van der Waals surface area (Å²) in [6.07, 6.45) is -0.400. The van der Waals surface area contributed by atoms with Crippen LogP contribution >= 0.6 is 12.9 Å². The number of hydrogen-bond donors (Lipinski definition) is 2. The molecule has 1 unspecified atom stereocenters. The molecule has 0 rings (SSSR count).